The van der Waals surface area contributed by atoms with Gasteiger partial charge in [-0.1, -0.05) is 0 Å². The maximum atomic E-state index is 11.7. The third-order valence-electron chi connectivity index (χ3n) is 2.25. The minimum absolute atomic E-state index is 0.120. The van der Waals surface area contributed by atoms with E-state index in [2.05, 4.69) is 20.7 Å². The fourth-order valence-electron chi connectivity index (χ4n) is 1.35. The van der Waals surface area contributed by atoms with Crippen LogP contribution in [0.4, 0.5) is 5.69 Å². The van der Waals surface area contributed by atoms with Crippen LogP contribution in [0.3, 0.4) is 0 Å². The number of nitrogens with zero attached hydrogens (tertiary/aromatic N) is 2. The zero-order chi connectivity index (χ0) is 13.7. The molecule has 0 aliphatic rings. The Bertz CT molecular complexity index is 525. The number of carbonyl (C=O) groups is 1. The molecule has 0 radical (unpaired) electrons. The van der Waals surface area contributed by atoms with E-state index in [1.54, 1.807) is 0 Å². The topological polar surface area (TPSA) is 91.4 Å². The summed E-state index contributed by atoms with van der Waals surface area (Å²) in [6.45, 7) is 0.216. The van der Waals surface area contributed by atoms with Crippen LogP contribution < -0.4 is 5.56 Å². The van der Waals surface area contributed by atoms with Crippen molar-refractivity contribution in [3.8, 4) is 0 Å². The fraction of sp³-hybridized carbons (Fsp3) is 0.400. The smallest absolute Gasteiger partial charge is 0.305 e. The lowest BCUT2D eigenvalue weighted by Gasteiger charge is -2.05. The summed E-state index contributed by atoms with van der Waals surface area (Å²) in [7, 11) is 1.28. The van der Waals surface area contributed by atoms with Gasteiger partial charge in [0.05, 0.1) is 22.7 Å². The molecule has 98 valence electrons. The van der Waals surface area contributed by atoms with Crippen LogP contribution >= 0.6 is 15.9 Å². The Morgan fingerprint density at radius 2 is 2.28 bits per heavy atom. The second kappa shape index (κ2) is 6.29. The normalized spacial score (nSPS) is 10.1. The fourth-order valence-corrected chi connectivity index (χ4v) is 1.81. The van der Waals surface area contributed by atoms with Crippen molar-refractivity contribution >= 4 is 27.6 Å². The van der Waals surface area contributed by atoms with Crippen molar-refractivity contribution in [1.29, 1.82) is 0 Å². The van der Waals surface area contributed by atoms with E-state index in [9.17, 15) is 19.7 Å². The molecule has 0 spiro atoms. The minimum atomic E-state index is -0.582. The maximum absolute atomic E-state index is 11.7. The SMILES string of the molecule is COC(=O)CCCn1cc([N+](=O)[O-])cc(Br)c1=O. The molecule has 18 heavy (non-hydrogen) atoms. The molecule has 7 nitrogen and oxygen atoms in total. The van der Waals surface area contributed by atoms with Crippen LogP contribution in [0.5, 0.6) is 0 Å². The molecule has 0 aliphatic carbocycles. The first-order valence-corrected chi connectivity index (χ1v) is 5.86. The summed E-state index contributed by atoms with van der Waals surface area (Å²) in [5.41, 5.74) is -0.551. The van der Waals surface area contributed by atoms with Gasteiger partial charge in [-0.25, -0.2) is 0 Å². The number of methoxy groups -OCH3 is 1. The van der Waals surface area contributed by atoms with Gasteiger partial charge in [0.15, 0.2) is 0 Å². The van der Waals surface area contributed by atoms with Crippen molar-refractivity contribution in [3.05, 3.63) is 37.2 Å². The number of hydrogen-bond acceptors (Lipinski definition) is 5. The number of aromatic nitrogens is 1. The van der Waals surface area contributed by atoms with Crippen molar-refractivity contribution in [2.75, 3.05) is 7.11 Å². The second-order valence-corrected chi connectivity index (χ2v) is 4.34. The van der Waals surface area contributed by atoms with Crippen LogP contribution in [0.2, 0.25) is 0 Å². The Morgan fingerprint density at radius 3 is 2.83 bits per heavy atom. The van der Waals surface area contributed by atoms with E-state index in [0.717, 1.165) is 12.3 Å². The first-order valence-electron chi connectivity index (χ1n) is 5.07. The molecule has 1 heterocycles. The summed E-state index contributed by atoms with van der Waals surface area (Å²) in [5, 5.41) is 10.6. The summed E-state index contributed by atoms with van der Waals surface area (Å²) in [6.07, 6.45) is 1.69. The Morgan fingerprint density at radius 1 is 1.61 bits per heavy atom. The van der Waals surface area contributed by atoms with Gasteiger partial charge in [0.25, 0.3) is 11.2 Å². The summed E-state index contributed by atoms with van der Waals surface area (Å²) in [5.74, 6) is -0.382. The number of hydrogen-bond donors (Lipinski definition) is 0. The highest BCUT2D eigenvalue weighted by molar-refractivity contribution is 9.10. The van der Waals surface area contributed by atoms with Gasteiger partial charge in [0.1, 0.15) is 0 Å². The van der Waals surface area contributed by atoms with Crippen LogP contribution in [-0.4, -0.2) is 22.6 Å². The van der Waals surface area contributed by atoms with Crippen molar-refractivity contribution < 1.29 is 14.5 Å². The van der Waals surface area contributed by atoms with Gasteiger partial charge < -0.3 is 9.30 Å². The monoisotopic (exact) mass is 318 g/mol. The lowest BCUT2D eigenvalue weighted by atomic mass is 10.3. The van der Waals surface area contributed by atoms with Crippen LogP contribution in [0.15, 0.2) is 21.5 Å². The van der Waals surface area contributed by atoms with E-state index in [-0.39, 0.29) is 34.7 Å². The quantitative estimate of drug-likeness (QED) is 0.465. The van der Waals surface area contributed by atoms with Crippen molar-refractivity contribution in [3.63, 3.8) is 0 Å². The highest BCUT2D eigenvalue weighted by Crippen LogP contribution is 2.14. The van der Waals surface area contributed by atoms with Crippen LogP contribution in [0.25, 0.3) is 0 Å². The van der Waals surface area contributed by atoms with Gasteiger partial charge >= 0.3 is 5.97 Å². The van der Waals surface area contributed by atoms with Crippen LogP contribution in [0, 0.1) is 10.1 Å². The lowest BCUT2D eigenvalue weighted by Crippen LogP contribution is -2.21. The van der Waals surface area contributed by atoms with Crippen LogP contribution in [-0.2, 0) is 16.1 Å². The van der Waals surface area contributed by atoms with E-state index >= 15 is 0 Å². The van der Waals surface area contributed by atoms with E-state index in [1.807, 2.05) is 0 Å². The number of pyridine rings is 1. The number of ether oxygens (including phenoxy) is 1. The predicted molar refractivity (Wildman–Crippen MR) is 66.3 cm³/mol. The molecule has 1 aromatic heterocycles. The summed E-state index contributed by atoms with van der Waals surface area (Å²) < 4.78 is 5.78. The average Bonchev–Trinajstić information content (AvgIpc) is 2.33. The molecular formula is C10H11BrN2O5. The van der Waals surface area contributed by atoms with E-state index in [1.165, 1.54) is 11.7 Å². The Kier molecular flexibility index (Phi) is 5.02. The predicted octanol–water partition coefficient (Wildman–Crippen LogP) is 1.47. The molecule has 0 N–H and O–H groups in total. The summed E-state index contributed by atoms with van der Waals surface area (Å²) in [4.78, 5) is 32.6. The summed E-state index contributed by atoms with van der Waals surface area (Å²) >= 11 is 2.97. The number of halogens is 1. The molecule has 0 fully saturated rings. The first-order chi connectivity index (χ1) is 8.45. The van der Waals surface area contributed by atoms with Gasteiger partial charge in [-0.05, 0) is 22.4 Å². The Hall–Kier alpha value is -1.70. The Balaban J connectivity index is 2.85. The molecule has 8 heteroatoms. The molecule has 0 saturated heterocycles. The molecule has 0 aliphatic heterocycles. The number of carbonyl (C=O) groups excluding carboxylic acids is 1. The molecule has 0 atom stereocenters. The molecule has 0 saturated carbocycles. The van der Waals surface area contributed by atoms with Gasteiger partial charge in [-0.15, -0.1) is 0 Å². The third-order valence-corrected chi connectivity index (χ3v) is 2.81. The minimum Gasteiger partial charge on any atom is -0.469 e. The van der Waals surface area contributed by atoms with E-state index in [4.69, 9.17) is 0 Å². The molecular weight excluding hydrogens is 308 g/mol. The van der Waals surface area contributed by atoms with Gasteiger partial charge in [-0.2, -0.15) is 0 Å². The Labute approximate surface area is 111 Å². The zero-order valence-corrected chi connectivity index (χ0v) is 11.2. The van der Waals surface area contributed by atoms with Gasteiger partial charge in [0, 0.05) is 19.0 Å². The van der Waals surface area contributed by atoms with Crippen molar-refractivity contribution in [2.24, 2.45) is 0 Å². The van der Waals surface area contributed by atoms with Crippen molar-refractivity contribution in [1.82, 2.24) is 4.57 Å². The molecule has 1 aromatic rings. The van der Waals surface area contributed by atoms with Gasteiger partial charge in [0.2, 0.25) is 0 Å². The van der Waals surface area contributed by atoms with E-state index < -0.39 is 4.92 Å². The first kappa shape index (κ1) is 14.4. The number of rotatable bonds is 5. The number of nitro groups is 1. The van der Waals surface area contributed by atoms with Crippen molar-refractivity contribution in [2.45, 2.75) is 19.4 Å². The zero-order valence-electron chi connectivity index (χ0n) is 9.59. The molecule has 0 aromatic carbocycles. The second-order valence-electron chi connectivity index (χ2n) is 3.48. The summed E-state index contributed by atoms with van der Waals surface area (Å²) in [6, 6.07) is 1.15. The molecule has 1 rings (SSSR count). The third kappa shape index (κ3) is 3.66. The molecule has 0 unspecified atom stereocenters. The number of aryl methyl sites for hydroxylation is 1. The maximum Gasteiger partial charge on any atom is 0.305 e. The van der Waals surface area contributed by atoms with Gasteiger partial charge in [-0.3, -0.25) is 19.7 Å². The van der Waals surface area contributed by atoms with E-state index in [0.29, 0.717) is 6.42 Å². The number of esters is 1. The lowest BCUT2D eigenvalue weighted by molar-refractivity contribution is -0.385. The average molecular weight is 319 g/mol. The molecule has 0 bridgehead atoms. The standard InChI is InChI=1S/C10H11BrN2O5/c1-18-9(14)3-2-4-12-6-7(13(16)17)5-8(11)10(12)15/h5-6H,2-4H2,1H3. The van der Waals surface area contributed by atoms with Crippen LogP contribution in [0.1, 0.15) is 12.8 Å². The highest BCUT2D eigenvalue weighted by Gasteiger charge is 2.12. The molecule has 0 amide bonds. The largest absolute Gasteiger partial charge is 0.469 e. The highest BCUT2D eigenvalue weighted by atomic mass is 79.9.